The lowest BCUT2D eigenvalue weighted by Crippen LogP contribution is -2.31. The lowest BCUT2D eigenvalue weighted by molar-refractivity contribution is -0.128. The van der Waals surface area contributed by atoms with Crippen molar-refractivity contribution in [1.82, 2.24) is 10.2 Å². The van der Waals surface area contributed by atoms with Crippen LogP contribution in [0.15, 0.2) is 42.5 Å². The van der Waals surface area contributed by atoms with Gasteiger partial charge in [-0.25, -0.2) is 4.79 Å². The van der Waals surface area contributed by atoms with E-state index in [0.717, 1.165) is 10.5 Å². The van der Waals surface area contributed by atoms with Gasteiger partial charge < -0.3 is 24.8 Å². The van der Waals surface area contributed by atoms with Gasteiger partial charge in [0, 0.05) is 12.1 Å². The Balaban J connectivity index is 1.30. The summed E-state index contributed by atoms with van der Waals surface area (Å²) in [6.45, 7) is 0.276. The summed E-state index contributed by atoms with van der Waals surface area (Å²) in [5, 5.41) is 5.41. The number of nitrogens with one attached hydrogen (secondary N) is 2. The number of rotatable bonds is 7. The summed E-state index contributed by atoms with van der Waals surface area (Å²) in [4.78, 5) is 38.2. The molecule has 2 aromatic carbocycles. The number of amides is 4. The number of hydrogen-bond donors (Lipinski definition) is 2. The van der Waals surface area contributed by atoms with Crippen LogP contribution in [0.3, 0.4) is 0 Å². The van der Waals surface area contributed by atoms with E-state index in [1.807, 2.05) is 0 Å². The molecule has 1 saturated heterocycles. The zero-order valence-corrected chi connectivity index (χ0v) is 16.3. The molecule has 0 spiro atoms. The summed E-state index contributed by atoms with van der Waals surface area (Å²) < 4.78 is 15.7. The van der Waals surface area contributed by atoms with E-state index < -0.39 is 12.1 Å². The van der Waals surface area contributed by atoms with Gasteiger partial charge in [0.1, 0.15) is 11.8 Å². The summed E-state index contributed by atoms with van der Waals surface area (Å²) in [7, 11) is 1.57. The van der Waals surface area contributed by atoms with Gasteiger partial charge in [-0.15, -0.1) is 0 Å². The average Bonchev–Trinajstić information content (AvgIpc) is 3.32. The Morgan fingerprint density at radius 1 is 1.17 bits per heavy atom. The number of ether oxygens (including phenoxy) is 3. The second-order valence-electron chi connectivity index (χ2n) is 6.93. The third-order valence-electron chi connectivity index (χ3n) is 4.92. The molecule has 9 heteroatoms. The lowest BCUT2D eigenvalue weighted by atomic mass is 10.1. The predicted molar refractivity (Wildman–Crippen MR) is 106 cm³/mol. The van der Waals surface area contributed by atoms with Gasteiger partial charge in [-0.3, -0.25) is 14.5 Å². The molecule has 2 aliphatic heterocycles. The van der Waals surface area contributed by atoms with E-state index in [2.05, 4.69) is 10.6 Å². The minimum absolute atomic E-state index is 0.0978. The van der Waals surface area contributed by atoms with Crippen molar-refractivity contribution in [2.75, 3.05) is 19.2 Å². The zero-order valence-electron chi connectivity index (χ0n) is 16.3. The first-order valence-electron chi connectivity index (χ1n) is 9.48. The zero-order chi connectivity index (χ0) is 21.1. The van der Waals surface area contributed by atoms with Gasteiger partial charge in [0.15, 0.2) is 11.5 Å². The molecule has 2 N–H and O–H groups in total. The molecular weight excluding hydrogens is 390 g/mol. The Morgan fingerprint density at radius 3 is 2.70 bits per heavy atom. The highest BCUT2D eigenvalue weighted by Crippen LogP contribution is 2.33. The molecule has 30 heavy (non-hydrogen) atoms. The number of carbonyl (C=O) groups is 3. The number of benzene rings is 2. The Labute approximate surface area is 172 Å². The normalized spacial score (nSPS) is 17.1. The van der Waals surface area contributed by atoms with E-state index in [-0.39, 0.29) is 38.0 Å². The molecule has 156 valence electrons. The van der Waals surface area contributed by atoms with Crippen LogP contribution in [-0.2, 0) is 16.1 Å². The van der Waals surface area contributed by atoms with Crippen molar-refractivity contribution in [3.63, 3.8) is 0 Å². The topological polar surface area (TPSA) is 106 Å². The van der Waals surface area contributed by atoms with Gasteiger partial charge in [0.05, 0.1) is 13.7 Å². The Bertz CT molecular complexity index is 975. The van der Waals surface area contributed by atoms with E-state index in [1.54, 1.807) is 49.6 Å². The van der Waals surface area contributed by atoms with E-state index in [4.69, 9.17) is 14.2 Å². The molecule has 0 radical (unpaired) electrons. The van der Waals surface area contributed by atoms with E-state index in [0.29, 0.717) is 22.9 Å². The third kappa shape index (κ3) is 4.14. The van der Waals surface area contributed by atoms with E-state index in [9.17, 15) is 14.4 Å². The SMILES string of the molecule is COc1ccc(NC(=O)CC[C@@H]2NC(=O)N(Cc3ccc4c(c3)OCO4)C2=O)cc1. The summed E-state index contributed by atoms with van der Waals surface area (Å²) in [5.41, 5.74) is 1.38. The fraction of sp³-hybridized carbons (Fsp3) is 0.286. The molecule has 4 rings (SSSR count). The molecule has 0 unspecified atom stereocenters. The number of nitrogens with zero attached hydrogens (tertiary/aromatic N) is 1. The maximum Gasteiger partial charge on any atom is 0.325 e. The molecular formula is C21H21N3O6. The molecule has 4 amide bonds. The first kappa shape index (κ1) is 19.6. The summed E-state index contributed by atoms with van der Waals surface area (Å²) in [6, 6.07) is 11.0. The molecule has 1 fully saturated rings. The van der Waals surface area contributed by atoms with Crippen LogP contribution < -0.4 is 24.8 Å². The van der Waals surface area contributed by atoms with Crippen LogP contribution >= 0.6 is 0 Å². The summed E-state index contributed by atoms with van der Waals surface area (Å²) in [6.07, 6.45) is 0.310. The van der Waals surface area contributed by atoms with Crippen LogP contribution in [0.2, 0.25) is 0 Å². The number of imide groups is 1. The second kappa shape index (κ2) is 8.32. The molecule has 9 nitrogen and oxygen atoms in total. The minimum atomic E-state index is -0.729. The number of methoxy groups -OCH3 is 1. The van der Waals surface area contributed by atoms with Gasteiger partial charge in [0.2, 0.25) is 12.7 Å². The predicted octanol–water partition coefficient (Wildman–Crippen LogP) is 2.26. The van der Waals surface area contributed by atoms with Gasteiger partial charge in [-0.05, 0) is 48.4 Å². The van der Waals surface area contributed by atoms with Crippen molar-refractivity contribution in [2.24, 2.45) is 0 Å². The van der Waals surface area contributed by atoms with E-state index in [1.165, 1.54) is 0 Å². The van der Waals surface area contributed by atoms with Crippen molar-refractivity contribution in [2.45, 2.75) is 25.4 Å². The van der Waals surface area contributed by atoms with Gasteiger partial charge >= 0.3 is 6.03 Å². The first-order chi connectivity index (χ1) is 14.5. The van der Waals surface area contributed by atoms with Crippen LogP contribution in [0.4, 0.5) is 10.5 Å². The lowest BCUT2D eigenvalue weighted by Gasteiger charge is -2.13. The van der Waals surface area contributed by atoms with Crippen molar-refractivity contribution in [1.29, 1.82) is 0 Å². The largest absolute Gasteiger partial charge is 0.497 e. The minimum Gasteiger partial charge on any atom is -0.497 e. The summed E-state index contributed by atoms with van der Waals surface area (Å²) >= 11 is 0. The van der Waals surface area contributed by atoms with Crippen LogP contribution in [0.25, 0.3) is 0 Å². The molecule has 2 heterocycles. The average molecular weight is 411 g/mol. The van der Waals surface area contributed by atoms with Crippen molar-refractivity contribution in [3.8, 4) is 17.2 Å². The van der Waals surface area contributed by atoms with Gasteiger partial charge in [-0.1, -0.05) is 6.07 Å². The van der Waals surface area contributed by atoms with Gasteiger partial charge in [-0.2, -0.15) is 0 Å². The molecule has 2 aliphatic rings. The van der Waals surface area contributed by atoms with Crippen LogP contribution in [0, 0.1) is 0 Å². The van der Waals surface area contributed by atoms with Crippen molar-refractivity contribution >= 4 is 23.5 Å². The van der Waals surface area contributed by atoms with Crippen molar-refractivity contribution < 1.29 is 28.6 Å². The standard InChI is InChI=1S/C21H21N3O6/c1-28-15-5-3-14(4-6-15)22-19(25)9-7-16-20(26)24(21(27)23-16)11-13-2-8-17-18(10-13)30-12-29-17/h2-6,8,10,16H,7,9,11-12H2,1H3,(H,22,25)(H,23,27)/t16-/m0/s1. The molecule has 0 aliphatic carbocycles. The molecule has 2 aromatic rings. The van der Waals surface area contributed by atoms with Crippen LogP contribution in [0.1, 0.15) is 18.4 Å². The highest BCUT2D eigenvalue weighted by atomic mass is 16.7. The van der Waals surface area contributed by atoms with E-state index >= 15 is 0 Å². The fourth-order valence-corrected chi connectivity index (χ4v) is 3.32. The number of hydrogen-bond acceptors (Lipinski definition) is 6. The highest BCUT2D eigenvalue weighted by Gasteiger charge is 2.38. The number of urea groups is 1. The highest BCUT2D eigenvalue weighted by molar-refractivity contribution is 6.04. The van der Waals surface area contributed by atoms with Crippen LogP contribution in [-0.4, -0.2) is 42.7 Å². The Morgan fingerprint density at radius 2 is 1.93 bits per heavy atom. The molecule has 0 bridgehead atoms. The molecule has 0 aromatic heterocycles. The quantitative estimate of drug-likeness (QED) is 0.677. The second-order valence-corrected chi connectivity index (χ2v) is 6.93. The first-order valence-corrected chi connectivity index (χ1v) is 9.48. The fourth-order valence-electron chi connectivity index (χ4n) is 3.32. The molecule has 1 atom stereocenters. The van der Waals surface area contributed by atoms with Crippen molar-refractivity contribution in [3.05, 3.63) is 48.0 Å². The summed E-state index contributed by atoms with van der Waals surface area (Å²) in [5.74, 6) is 1.32. The van der Waals surface area contributed by atoms with Gasteiger partial charge in [0.25, 0.3) is 5.91 Å². The maximum absolute atomic E-state index is 12.6. The molecule has 0 saturated carbocycles. The Kier molecular flexibility index (Phi) is 5.42. The number of anilines is 1. The monoisotopic (exact) mass is 411 g/mol. The maximum atomic E-state index is 12.6. The number of fused-ring (bicyclic) bond motifs is 1. The van der Waals surface area contributed by atoms with Crippen LogP contribution in [0.5, 0.6) is 17.2 Å². The Hall–Kier alpha value is -3.75. The smallest absolute Gasteiger partial charge is 0.325 e. The third-order valence-corrected chi connectivity index (χ3v) is 4.92. The number of carbonyl (C=O) groups excluding carboxylic acids is 3.